The van der Waals surface area contributed by atoms with Crippen LogP contribution in [0, 0.1) is 10.1 Å². The number of benzene rings is 2. The molecular weight excluding hydrogens is 348 g/mol. The minimum Gasteiger partial charge on any atom is -0.342 e. The van der Waals surface area contributed by atoms with Crippen molar-refractivity contribution in [3.8, 4) is 0 Å². The van der Waals surface area contributed by atoms with Gasteiger partial charge in [0.25, 0.3) is 5.69 Å². The third kappa shape index (κ3) is 2.80. The summed E-state index contributed by atoms with van der Waals surface area (Å²) < 4.78 is 0. The normalized spacial score (nSPS) is 11.5. The van der Waals surface area contributed by atoms with Gasteiger partial charge >= 0.3 is 0 Å². The topological polar surface area (TPSA) is 84.7 Å². The van der Waals surface area contributed by atoms with Gasteiger partial charge in [0.05, 0.1) is 10.4 Å². The summed E-state index contributed by atoms with van der Waals surface area (Å²) in [5.41, 5.74) is 1.51. The monoisotopic (exact) mass is 364 g/mol. The van der Waals surface area contributed by atoms with Crippen molar-refractivity contribution >= 4 is 39.3 Å². The maximum Gasteiger partial charge on any atom is 0.285 e. The zero-order valence-corrected chi connectivity index (χ0v) is 15.1. The van der Waals surface area contributed by atoms with Crippen LogP contribution in [0.25, 0.3) is 21.8 Å². The Labute approximate surface area is 153 Å². The van der Waals surface area contributed by atoms with Crippen LogP contribution in [0.3, 0.4) is 0 Å². The first-order valence-electron chi connectivity index (χ1n) is 8.22. The molecule has 0 aliphatic rings. The molecule has 4 rings (SSSR count). The molecule has 2 heterocycles. The maximum atomic E-state index is 11.6. The summed E-state index contributed by atoms with van der Waals surface area (Å²) in [6.07, 6.45) is 3.52. The number of hydrogen-bond donors (Lipinski definition) is 1. The number of rotatable bonds is 4. The molecule has 26 heavy (non-hydrogen) atoms. The van der Waals surface area contributed by atoms with E-state index in [1.165, 1.54) is 11.8 Å². The molecule has 6 nitrogen and oxygen atoms in total. The highest BCUT2D eigenvalue weighted by Gasteiger charge is 2.22. The smallest absolute Gasteiger partial charge is 0.285 e. The van der Waals surface area contributed by atoms with Gasteiger partial charge in [0, 0.05) is 34.7 Å². The van der Waals surface area contributed by atoms with Crippen molar-refractivity contribution in [3.05, 3.63) is 64.7 Å². The van der Waals surface area contributed by atoms with Gasteiger partial charge in [0.2, 0.25) is 0 Å². The second-order valence-electron chi connectivity index (χ2n) is 6.30. The van der Waals surface area contributed by atoms with E-state index in [4.69, 9.17) is 0 Å². The third-order valence-corrected chi connectivity index (χ3v) is 5.38. The molecule has 130 valence electrons. The molecule has 0 aliphatic heterocycles. The van der Waals surface area contributed by atoms with Gasteiger partial charge in [0.1, 0.15) is 16.2 Å². The molecule has 2 aromatic heterocycles. The number of pyridine rings is 1. The quantitative estimate of drug-likeness (QED) is 0.393. The lowest BCUT2D eigenvalue weighted by Crippen LogP contribution is -1.92. The fraction of sp³-hybridized carbons (Fsp3) is 0.158. The van der Waals surface area contributed by atoms with Gasteiger partial charge in [0.15, 0.2) is 0 Å². The number of imidazole rings is 1. The van der Waals surface area contributed by atoms with E-state index in [9.17, 15) is 10.1 Å². The van der Waals surface area contributed by atoms with Crippen LogP contribution in [-0.2, 0) is 0 Å². The number of hydrogen-bond acceptors (Lipinski definition) is 5. The molecular formula is C19H16N4O2S. The van der Waals surface area contributed by atoms with Crippen LogP contribution in [0.1, 0.15) is 25.6 Å². The van der Waals surface area contributed by atoms with Gasteiger partial charge < -0.3 is 4.98 Å². The van der Waals surface area contributed by atoms with Gasteiger partial charge in [-0.1, -0.05) is 37.7 Å². The summed E-state index contributed by atoms with van der Waals surface area (Å²) >= 11 is 1.37. The molecule has 0 aliphatic carbocycles. The van der Waals surface area contributed by atoms with Gasteiger partial charge in [-0.15, -0.1) is 0 Å². The average molecular weight is 364 g/mol. The Balaban J connectivity index is 1.93. The fourth-order valence-corrected chi connectivity index (χ4v) is 4.03. The Kier molecular flexibility index (Phi) is 4.08. The van der Waals surface area contributed by atoms with E-state index >= 15 is 0 Å². The van der Waals surface area contributed by atoms with Crippen molar-refractivity contribution < 1.29 is 4.92 Å². The van der Waals surface area contributed by atoms with Crippen molar-refractivity contribution in [2.45, 2.75) is 29.6 Å². The van der Waals surface area contributed by atoms with Crippen LogP contribution in [0.5, 0.6) is 0 Å². The number of H-pyrrole nitrogens is 1. The molecule has 0 saturated carbocycles. The molecule has 0 atom stereocenters. The lowest BCUT2D eigenvalue weighted by atomic mass is 10.2. The van der Waals surface area contributed by atoms with Crippen LogP contribution in [0.4, 0.5) is 5.69 Å². The summed E-state index contributed by atoms with van der Waals surface area (Å²) in [5, 5.41) is 13.6. The number of nitro groups is 1. The SMILES string of the molecule is CC(C)c1nc2c(Sc3cccc4cnccc34)c([N+](=O)[O-])ccc2[nH]1. The molecule has 0 saturated heterocycles. The van der Waals surface area contributed by atoms with E-state index in [-0.39, 0.29) is 16.5 Å². The molecule has 0 bridgehead atoms. The van der Waals surface area contributed by atoms with Crippen molar-refractivity contribution in [3.63, 3.8) is 0 Å². The second kappa shape index (κ2) is 6.42. The Morgan fingerprint density at radius 3 is 2.81 bits per heavy atom. The van der Waals surface area contributed by atoms with E-state index < -0.39 is 0 Å². The third-order valence-electron chi connectivity index (χ3n) is 4.20. The highest BCUT2D eigenvalue weighted by Crippen LogP contribution is 2.42. The molecule has 7 heteroatoms. The Morgan fingerprint density at radius 1 is 1.19 bits per heavy atom. The van der Waals surface area contributed by atoms with E-state index in [1.807, 2.05) is 38.1 Å². The van der Waals surface area contributed by atoms with E-state index in [2.05, 4.69) is 15.0 Å². The first-order chi connectivity index (χ1) is 12.5. The lowest BCUT2D eigenvalue weighted by molar-refractivity contribution is -0.387. The van der Waals surface area contributed by atoms with Crippen molar-refractivity contribution in [2.75, 3.05) is 0 Å². The first kappa shape index (κ1) is 16.5. The number of aromatic nitrogens is 3. The van der Waals surface area contributed by atoms with E-state index in [0.717, 1.165) is 27.0 Å². The zero-order chi connectivity index (χ0) is 18.3. The molecule has 4 aromatic rings. The van der Waals surface area contributed by atoms with Gasteiger partial charge in [-0.05, 0) is 23.6 Å². The number of fused-ring (bicyclic) bond motifs is 2. The van der Waals surface area contributed by atoms with Crippen LogP contribution < -0.4 is 0 Å². The predicted octanol–water partition coefficient (Wildman–Crippen LogP) is 5.29. The standard InChI is InChI=1S/C19H16N4O2S/c1-11(2)19-21-14-6-7-15(23(24)25)18(17(14)22-19)26-16-5-3-4-12-10-20-9-8-13(12)16/h3-11H,1-2H3,(H,21,22). The lowest BCUT2D eigenvalue weighted by Gasteiger charge is -2.07. The predicted molar refractivity (Wildman–Crippen MR) is 103 cm³/mol. The van der Waals surface area contributed by atoms with Crippen molar-refractivity contribution in [1.82, 2.24) is 15.0 Å². The number of nitro benzene ring substituents is 1. The zero-order valence-electron chi connectivity index (χ0n) is 14.3. The minimum absolute atomic E-state index is 0.0652. The van der Waals surface area contributed by atoms with E-state index in [0.29, 0.717) is 10.4 Å². The Hall–Kier alpha value is -2.93. The van der Waals surface area contributed by atoms with Crippen LogP contribution in [0.2, 0.25) is 0 Å². The second-order valence-corrected chi connectivity index (χ2v) is 7.35. The minimum atomic E-state index is -0.349. The summed E-state index contributed by atoms with van der Waals surface area (Å²) in [4.78, 5) is 24.8. The summed E-state index contributed by atoms with van der Waals surface area (Å²) in [6, 6.07) is 11.1. The molecule has 0 unspecified atom stereocenters. The summed E-state index contributed by atoms with van der Waals surface area (Å²) in [5.74, 6) is 1.03. The molecule has 0 spiro atoms. The van der Waals surface area contributed by atoms with Crippen molar-refractivity contribution in [1.29, 1.82) is 0 Å². The highest BCUT2D eigenvalue weighted by atomic mass is 32.2. The van der Waals surface area contributed by atoms with Crippen LogP contribution in [-0.4, -0.2) is 19.9 Å². The maximum absolute atomic E-state index is 11.6. The number of nitrogens with one attached hydrogen (secondary N) is 1. The van der Waals surface area contributed by atoms with Gasteiger partial charge in [-0.2, -0.15) is 0 Å². The molecule has 2 aromatic carbocycles. The average Bonchev–Trinajstić information content (AvgIpc) is 3.07. The molecule has 0 radical (unpaired) electrons. The Bertz CT molecular complexity index is 1130. The molecule has 1 N–H and O–H groups in total. The largest absolute Gasteiger partial charge is 0.342 e. The van der Waals surface area contributed by atoms with Crippen molar-refractivity contribution in [2.24, 2.45) is 0 Å². The van der Waals surface area contributed by atoms with Gasteiger partial charge in [-0.3, -0.25) is 15.1 Å². The van der Waals surface area contributed by atoms with E-state index in [1.54, 1.807) is 24.5 Å². The fourth-order valence-electron chi connectivity index (χ4n) is 2.87. The summed E-state index contributed by atoms with van der Waals surface area (Å²) in [6.45, 7) is 4.08. The summed E-state index contributed by atoms with van der Waals surface area (Å²) in [7, 11) is 0. The molecule has 0 amide bonds. The Morgan fingerprint density at radius 2 is 2.04 bits per heavy atom. The number of nitrogens with zero attached hydrogens (tertiary/aromatic N) is 3. The molecule has 0 fully saturated rings. The van der Waals surface area contributed by atoms with Crippen LogP contribution in [0.15, 0.2) is 58.6 Å². The highest BCUT2D eigenvalue weighted by molar-refractivity contribution is 8.00. The first-order valence-corrected chi connectivity index (χ1v) is 9.04. The number of aromatic amines is 1. The van der Waals surface area contributed by atoms with Gasteiger partial charge in [-0.25, -0.2) is 4.98 Å². The van der Waals surface area contributed by atoms with Crippen LogP contribution >= 0.6 is 11.8 Å².